The van der Waals surface area contributed by atoms with E-state index in [1.165, 1.54) is 29.1 Å². The molecule has 0 aliphatic rings. The molecular weight excluding hydrogens is 565 g/mol. The molecule has 1 aromatic carbocycles. The Hall–Kier alpha value is -4.34. The van der Waals surface area contributed by atoms with Crippen molar-refractivity contribution in [1.82, 2.24) is 25.2 Å². The molecule has 0 fully saturated rings. The van der Waals surface area contributed by atoms with E-state index in [-0.39, 0.29) is 53.6 Å². The molecule has 4 aromatic rings. The number of nitrogens with one attached hydrogen (secondary N) is 3. The van der Waals surface area contributed by atoms with Gasteiger partial charge >= 0.3 is 12.2 Å². The zero-order chi connectivity index (χ0) is 29.7. The van der Waals surface area contributed by atoms with Crippen molar-refractivity contribution in [2.75, 3.05) is 31.6 Å². The average molecular weight is 591 g/mol. The number of halogens is 3. The molecule has 0 radical (unpaired) electrons. The summed E-state index contributed by atoms with van der Waals surface area (Å²) in [4.78, 5) is 45.7. The zero-order valence-electron chi connectivity index (χ0n) is 21.6. The SMILES string of the molecule is CCNC(=O)Nc1cc(-c2nc(C(F)(F)F)cs2)c(-c2ccc3c(=O)c(C(=O)NCCO)cn(CCO)c3c2)cn1. The van der Waals surface area contributed by atoms with Crippen molar-refractivity contribution in [3.05, 3.63) is 63.5 Å². The smallest absolute Gasteiger partial charge is 0.395 e. The maximum atomic E-state index is 13.3. The summed E-state index contributed by atoms with van der Waals surface area (Å²) < 4.78 is 41.5. The Morgan fingerprint density at radius 3 is 2.54 bits per heavy atom. The van der Waals surface area contributed by atoms with Crippen LogP contribution < -0.4 is 21.4 Å². The summed E-state index contributed by atoms with van der Waals surface area (Å²) in [6.45, 7) is 1.41. The van der Waals surface area contributed by atoms with Gasteiger partial charge in [0.25, 0.3) is 5.91 Å². The summed E-state index contributed by atoms with van der Waals surface area (Å²) in [7, 11) is 0. The Morgan fingerprint density at radius 1 is 1.10 bits per heavy atom. The summed E-state index contributed by atoms with van der Waals surface area (Å²) >= 11 is 0.767. The molecule has 0 aliphatic heterocycles. The monoisotopic (exact) mass is 590 g/mol. The zero-order valence-corrected chi connectivity index (χ0v) is 22.4. The molecule has 11 nitrogen and oxygen atoms in total. The van der Waals surface area contributed by atoms with E-state index in [1.54, 1.807) is 19.1 Å². The van der Waals surface area contributed by atoms with Crippen LogP contribution in [0.5, 0.6) is 0 Å². The molecule has 0 aliphatic carbocycles. The number of hydrogen-bond acceptors (Lipinski definition) is 8. The topological polar surface area (TPSA) is 158 Å². The fraction of sp³-hybridized carbons (Fsp3) is 0.269. The van der Waals surface area contributed by atoms with Gasteiger partial charge in [-0.1, -0.05) is 6.07 Å². The normalized spacial score (nSPS) is 11.5. The van der Waals surface area contributed by atoms with Gasteiger partial charge in [-0.15, -0.1) is 11.3 Å². The largest absolute Gasteiger partial charge is 0.434 e. The van der Waals surface area contributed by atoms with E-state index < -0.39 is 29.2 Å². The van der Waals surface area contributed by atoms with Crippen LogP contribution in [0.3, 0.4) is 0 Å². The minimum absolute atomic E-state index is 0.0254. The molecule has 216 valence electrons. The van der Waals surface area contributed by atoms with Gasteiger partial charge in [-0.3, -0.25) is 14.9 Å². The van der Waals surface area contributed by atoms with Gasteiger partial charge in [-0.2, -0.15) is 13.2 Å². The van der Waals surface area contributed by atoms with Crippen LogP contribution in [0.1, 0.15) is 23.0 Å². The highest BCUT2D eigenvalue weighted by Crippen LogP contribution is 2.39. The number of rotatable bonds is 9. The van der Waals surface area contributed by atoms with Crippen LogP contribution in [-0.4, -0.2) is 63.0 Å². The van der Waals surface area contributed by atoms with Gasteiger partial charge < -0.3 is 25.4 Å². The first kappa shape index (κ1) is 29.6. The predicted octanol–water partition coefficient (Wildman–Crippen LogP) is 3.06. The Bertz CT molecular complexity index is 1650. The molecule has 41 heavy (non-hydrogen) atoms. The minimum atomic E-state index is -4.66. The number of alkyl halides is 3. The van der Waals surface area contributed by atoms with Crippen LogP contribution >= 0.6 is 11.3 Å². The Kier molecular flexibility index (Phi) is 9.00. The van der Waals surface area contributed by atoms with Crippen LogP contribution in [-0.2, 0) is 12.7 Å². The van der Waals surface area contributed by atoms with Crippen LogP contribution in [0.25, 0.3) is 32.6 Å². The quantitative estimate of drug-likeness (QED) is 0.200. The molecular formula is C26H25F3N6O5S. The number of carbonyl (C=O) groups is 2. The first-order valence-corrected chi connectivity index (χ1v) is 13.2. The van der Waals surface area contributed by atoms with Crippen molar-refractivity contribution in [1.29, 1.82) is 0 Å². The van der Waals surface area contributed by atoms with Crippen molar-refractivity contribution in [3.63, 3.8) is 0 Å². The summed E-state index contributed by atoms with van der Waals surface area (Å²) in [6, 6.07) is 5.47. The van der Waals surface area contributed by atoms with Gasteiger partial charge in [0.2, 0.25) is 5.43 Å². The highest BCUT2D eigenvalue weighted by atomic mass is 32.1. The second-order valence-electron chi connectivity index (χ2n) is 8.64. The molecule has 0 unspecified atom stereocenters. The van der Waals surface area contributed by atoms with Gasteiger partial charge in [0.05, 0.1) is 18.7 Å². The third kappa shape index (κ3) is 6.53. The molecule has 4 rings (SSSR count). The third-order valence-electron chi connectivity index (χ3n) is 5.88. The minimum Gasteiger partial charge on any atom is -0.395 e. The lowest BCUT2D eigenvalue weighted by atomic mass is 9.99. The summed E-state index contributed by atoms with van der Waals surface area (Å²) in [5, 5.41) is 27.2. The van der Waals surface area contributed by atoms with Crippen molar-refractivity contribution in [3.8, 4) is 21.7 Å². The average Bonchev–Trinajstić information content (AvgIpc) is 3.44. The number of benzene rings is 1. The maximum absolute atomic E-state index is 13.3. The fourth-order valence-electron chi connectivity index (χ4n) is 4.06. The number of urea groups is 1. The number of amides is 3. The van der Waals surface area contributed by atoms with Crippen LogP contribution in [0.2, 0.25) is 0 Å². The molecule has 3 amide bonds. The van der Waals surface area contributed by atoms with E-state index in [9.17, 15) is 32.7 Å². The molecule has 0 saturated carbocycles. The van der Waals surface area contributed by atoms with Crippen LogP contribution in [0.15, 0.2) is 46.8 Å². The van der Waals surface area contributed by atoms with E-state index in [2.05, 4.69) is 25.9 Å². The van der Waals surface area contributed by atoms with Crippen molar-refractivity contribution >= 4 is 40.0 Å². The van der Waals surface area contributed by atoms with Crippen molar-refractivity contribution in [2.45, 2.75) is 19.6 Å². The molecule has 3 aromatic heterocycles. The second kappa shape index (κ2) is 12.4. The molecule has 0 bridgehead atoms. The summed E-state index contributed by atoms with van der Waals surface area (Å²) in [6.07, 6.45) is -1.99. The number of pyridine rings is 2. The predicted molar refractivity (Wildman–Crippen MR) is 147 cm³/mol. The highest BCUT2D eigenvalue weighted by molar-refractivity contribution is 7.13. The first-order chi connectivity index (χ1) is 19.6. The number of thiazole rings is 1. The third-order valence-corrected chi connectivity index (χ3v) is 6.76. The molecule has 0 spiro atoms. The summed E-state index contributed by atoms with van der Waals surface area (Å²) in [5.41, 5.74) is -0.404. The van der Waals surface area contributed by atoms with Gasteiger partial charge in [0.1, 0.15) is 16.4 Å². The number of anilines is 1. The fourth-order valence-corrected chi connectivity index (χ4v) is 4.91. The van der Waals surface area contributed by atoms with E-state index in [0.29, 0.717) is 23.2 Å². The van der Waals surface area contributed by atoms with Gasteiger partial charge in [0, 0.05) is 53.9 Å². The van der Waals surface area contributed by atoms with E-state index in [4.69, 9.17) is 5.11 Å². The summed E-state index contributed by atoms with van der Waals surface area (Å²) in [5.74, 6) is -0.609. The second-order valence-corrected chi connectivity index (χ2v) is 9.49. The number of fused-ring (bicyclic) bond motifs is 1. The molecule has 5 N–H and O–H groups in total. The van der Waals surface area contributed by atoms with E-state index in [1.807, 2.05) is 0 Å². The van der Waals surface area contributed by atoms with Crippen molar-refractivity contribution < 1.29 is 33.0 Å². The Morgan fingerprint density at radius 2 is 1.88 bits per heavy atom. The van der Waals surface area contributed by atoms with Gasteiger partial charge in [-0.05, 0) is 30.7 Å². The van der Waals surface area contributed by atoms with Crippen LogP contribution in [0.4, 0.5) is 23.8 Å². The highest BCUT2D eigenvalue weighted by Gasteiger charge is 2.34. The lowest BCUT2D eigenvalue weighted by Gasteiger charge is -2.15. The molecule has 0 atom stereocenters. The number of aromatic nitrogens is 3. The standard InChI is InChI=1S/C26H25F3N6O5S/c1-2-30-25(40)34-21-10-16(24-33-20(13-41-24)26(27,28)29)17(11-32-21)14-3-4-15-19(9-14)35(6-8-37)12-18(22(15)38)23(39)31-5-7-36/h3-4,9-13,36-37H,2,5-8H2,1H3,(H,31,39)(H2,30,32,34,40). The van der Waals surface area contributed by atoms with E-state index in [0.717, 1.165) is 16.7 Å². The Labute approximate surface area is 234 Å². The first-order valence-electron chi connectivity index (χ1n) is 12.3. The van der Waals surface area contributed by atoms with Crippen molar-refractivity contribution in [2.24, 2.45) is 0 Å². The number of nitrogens with zero attached hydrogens (tertiary/aromatic N) is 3. The van der Waals surface area contributed by atoms with Gasteiger partial charge in [0.15, 0.2) is 5.69 Å². The lowest BCUT2D eigenvalue weighted by Crippen LogP contribution is -2.31. The van der Waals surface area contributed by atoms with Crippen LogP contribution in [0, 0.1) is 0 Å². The molecule has 15 heteroatoms. The molecule has 0 saturated heterocycles. The number of carbonyl (C=O) groups excluding carboxylic acids is 2. The number of hydrogen-bond donors (Lipinski definition) is 5. The van der Waals surface area contributed by atoms with Gasteiger partial charge in [-0.25, -0.2) is 14.8 Å². The Balaban J connectivity index is 1.88. The lowest BCUT2D eigenvalue weighted by molar-refractivity contribution is -0.140. The number of aliphatic hydroxyl groups is 2. The van der Waals surface area contributed by atoms with E-state index >= 15 is 0 Å². The maximum Gasteiger partial charge on any atom is 0.434 e. The number of aliphatic hydroxyl groups excluding tert-OH is 2. The molecule has 3 heterocycles.